The SMILES string of the molecule is CCCn1ccnc1C(=O)C1(C)CCCCC1. The minimum atomic E-state index is -0.172. The van der Waals surface area contributed by atoms with Crippen LogP contribution >= 0.6 is 0 Å². The van der Waals surface area contributed by atoms with E-state index >= 15 is 0 Å². The van der Waals surface area contributed by atoms with Crippen molar-refractivity contribution in [2.75, 3.05) is 0 Å². The number of nitrogens with zero attached hydrogens (tertiary/aromatic N) is 2. The van der Waals surface area contributed by atoms with Gasteiger partial charge in [0.25, 0.3) is 0 Å². The molecule has 17 heavy (non-hydrogen) atoms. The molecule has 0 aliphatic heterocycles. The number of rotatable bonds is 4. The third-order valence-electron chi connectivity index (χ3n) is 3.89. The Bertz CT molecular complexity index is 389. The molecule has 1 heterocycles. The van der Waals surface area contributed by atoms with Gasteiger partial charge in [-0.3, -0.25) is 4.79 Å². The molecule has 0 atom stereocenters. The van der Waals surface area contributed by atoms with Crippen molar-refractivity contribution in [1.82, 2.24) is 9.55 Å². The number of imidazole rings is 1. The summed E-state index contributed by atoms with van der Waals surface area (Å²) in [6.07, 6.45) is 10.4. The monoisotopic (exact) mass is 234 g/mol. The smallest absolute Gasteiger partial charge is 0.204 e. The molecule has 0 radical (unpaired) electrons. The number of hydrogen-bond donors (Lipinski definition) is 0. The van der Waals surface area contributed by atoms with Crippen molar-refractivity contribution in [3.63, 3.8) is 0 Å². The third-order valence-corrected chi connectivity index (χ3v) is 3.89. The fourth-order valence-electron chi connectivity index (χ4n) is 2.77. The summed E-state index contributed by atoms with van der Waals surface area (Å²) in [5, 5.41) is 0. The second kappa shape index (κ2) is 5.03. The van der Waals surface area contributed by atoms with E-state index in [1.165, 1.54) is 19.3 Å². The molecule has 1 saturated carbocycles. The summed E-state index contributed by atoms with van der Waals surface area (Å²) in [4.78, 5) is 16.9. The average Bonchev–Trinajstić information content (AvgIpc) is 2.78. The Morgan fingerprint density at radius 2 is 2.12 bits per heavy atom. The van der Waals surface area contributed by atoms with Gasteiger partial charge in [0, 0.05) is 24.4 Å². The summed E-state index contributed by atoms with van der Waals surface area (Å²) in [6, 6.07) is 0. The van der Waals surface area contributed by atoms with Gasteiger partial charge in [-0.1, -0.05) is 33.1 Å². The van der Waals surface area contributed by atoms with Gasteiger partial charge in [0.2, 0.25) is 5.78 Å². The van der Waals surface area contributed by atoms with Crippen LogP contribution in [0.1, 0.15) is 63.0 Å². The Morgan fingerprint density at radius 1 is 1.41 bits per heavy atom. The van der Waals surface area contributed by atoms with E-state index in [0.29, 0.717) is 5.82 Å². The number of Topliss-reactive ketones (excluding diaryl/α,β-unsaturated/α-hetero) is 1. The molecule has 0 spiro atoms. The normalized spacial score (nSPS) is 19.2. The summed E-state index contributed by atoms with van der Waals surface area (Å²) in [5.41, 5.74) is -0.172. The van der Waals surface area contributed by atoms with Crippen molar-refractivity contribution >= 4 is 5.78 Å². The highest BCUT2D eigenvalue weighted by Crippen LogP contribution is 2.38. The lowest BCUT2D eigenvalue weighted by molar-refractivity contribution is 0.0732. The Balaban J connectivity index is 2.20. The van der Waals surface area contributed by atoms with Crippen molar-refractivity contribution in [3.05, 3.63) is 18.2 Å². The van der Waals surface area contributed by atoms with Crippen LogP contribution in [0.2, 0.25) is 0 Å². The molecule has 0 N–H and O–H groups in total. The largest absolute Gasteiger partial charge is 0.329 e. The molecule has 0 unspecified atom stereocenters. The fraction of sp³-hybridized carbons (Fsp3) is 0.714. The second-order valence-corrected chi connectivity index (χ2v) is 5.39. The van der Waals surface area contributed by atoms with Crippen molar-refractivity contribution in [2.24, 2.45) is 5.41 Å². The van der Waals surface area contributed by atoms with E-state index in [9.17, 15) is 4.79 Å². The molecule has 0 saturated heterocycles. The molecule has 1 fully saturated rings. The van der Waals surface area contributed by atoms with Crippen LogP contribution in [-0.2, 0) is 6.54 Å². The van der Waals surface area contributed by atoms with E-state index in [1.54, 1.807) is 6.20 Å². The van der Waals surface area contributed by atoms with E-state index in [1.807, 2.05) is 10.8 Å². The minimum Gasteiger partial charge on any atom is -0.329 e. The summed E-state index contributed by atoms with van der Waals surface area (Å²) < 4.78 is 2.00. The summed E-state index contributed by atoms with van der Waals surface area (Å²) in [7, 11) is 0. The predicted molar refractivity (Wildman–Crippen MR) is 68.0 cm³/mol. The van der Waals surface area contributed by atoms with Crippen molar-refractivity contribution in [1.29, 1.82) is 0 Å². The summed E-state index contributed by atoms with van der Waals surface area (Å²) in [5.74, 6) is 0.909. The first-order valence-corrected chi connectivity index (χ1v) is 6.73. The zero-order valence-electron chi connectivity index (χ0n) is 10.9. The van der Waals surface area contributed by atoms with E-state index < -0.39 is 0 Å². The first kappa shape index (κ1) is 12.3. The number of ketones is 1. The van der Waals surface area contributed by atoms with Crippen LogP contribution in [0.3, 0.4) is 0 Å². The first-order chi connectivity index (χ1) is 8.17. The van der Waals surface area contributed by atoms with E-state index in [-0.39, 0.29) is 11.2 Å². The molecule has 1 aliphatic rings. The van der Waals surface area contributed by atoms with Gasteiger partial charge in [-0.05, 0) is 19.3 Å². The van der Waals surface area contributed by atoms with Crippen molar-refractivity contribution < 1.29 is 4.79 Å². The van der Waals surface area contributed by atoms with E-state index in [0.717, 1.165) is 25.8 Å². The zero-order valence-corrected chi connectivity index (χ0v) is 10.9. The molecule has 1 aromatic heterocycles. The van der Waals surface area contributed by atoms with Gasteiger partial charge in [-0.2, -0.15) is 0 Å². The average molecular weight is 234 g/mol. The van der Waals surface area contributed by atoms with E-state index in [2.05, 4.69) is 18.8 Å². The molecule has 0 aromatic carbocycles. The maximum Gasteiger partial charge on any atom is 0.204 e. The van der Waals surface area contributed by atoms with Gasteiger partial charge in [-0.25, -0.2) is 4.98 Å². The second-order valence-electron chi connectivity index (χ2n) is 5.39. The van der Waals surface area contributed by atoms with Crippen LogP contribution in [0.25, 0.3) is 0 Å². The van der Waals surface area contributed by atoms with Crippen molar-refractivity contribution in [2.45, 2.75) is 58.9 Å². The highest BCUT2D eigenvalue weighted by Gasteiger charge is 2.37. The van der Waals surface area contributed by atoms with Gasteiger partial charge >= 0.3 is 0 Å². The molecule has 1 aromatic rings. The molecule has 2 rings (SSSR count). The Hall–Kier alpha value is -1.12. The number of hydrogen-bond acceptors (Lipinski definition) is 2. The number of aromatic nitrogens is 2. The standard InChI is InChI=1S/C14H22N2O/c1-3-10-16-11-9-15-13(16)12(17)14(2)7-5-4-6-8-14/h9,11H,3-8,10H2,1-2H3. The molecule has 0 amide bonds. The fourth-order valence-corrected chi connectivity index (χ4v) is 2.77. The lowest BCUT2D eigenvalue weighted by atomic mass is 9.72. The van der Waals surface area contributed by atoms with Gasteiger partial charge in [0.1, 0.15) is 0 Å². The molecular weight excluding hydrogens is 212 g/mol. The topological polar surface area (TPSA) is 34.9 Å². The highest BCUT2D eigenvalue weighted by atomic mass is 16.1. The van der Waals surface area contributed by atoms with Gasteiger partial charge in [0.15, 0.2) is 5.82 Å². The summed E-state index contributed by atoms with van der Waals surface area (Å²) >= 11 is 0. The van der Waals surface area contributed by atoms with Crippen LogP contribution in [-0.4, -0.2) is 15.3 Å². The number of aryl methyl sites for hydroxylation is 1. The van der Waals surface area contributed by atoms with Gasteiger partial charge in [-0.15, -0.1) is 0 Å². The quantitative estimate of drug-likeness (QED) is 0.748. The third kappa shape index (κ3) is 2.43. The van der Waals surface area contributed by atoms with Crippen LogP contribution in [0.5, 0.6) is 0 Å². The van der Waals surface area contributed by atoms with Crippen LogP contribution < -0.4 is 0 Å². The van der Waals surface area contributed by atoms with Crippen LogP contribution in [0.4, 0.5) is 0 Å². The van der Waals surface area contributed by atoms with Crippen molar-refractivity contribution in [3.8, 4) is 0 Å². The maximum atomic E-state index is 12.6. The number of carbonyl (C=O) groups excluding carboxylic acids is 1. The highest BCUT2D eigenvalue weighted by molar-refractivity contribution is 5.97. The van der Waals surface area contributed by atoms with E-state index in [4.69, 9.17) is 0 Å². The van der Waals surface area contributed by atoms with Crippen LogP contribution in [0.15, 0.2) is 12.4 Å². The summed E-state index contributed by atoms with van der Waals surface area (Å²) in [6.45, 7) is 5.12. The maximum absolute atomic E-state index is 12.6. The van der Waals surface area contributed by atoms with Gasteiger partial charge < -0.3 is 4.57 Å². The molecule has 3 heteroatoms. The molecule has 0 bridgehead atoms. The Morgan fingerprint density at radius 3 is 2.76 bits per heavy atom. The van der Waals surface area contributed by atoms with Crippen LogP contribution in [0, 0.1) is 5.41 Å². The molecular formula is C14H22N2O. The lowest BCUT2D eigenvalue weighted by Crippen LogP contribution is -2.32. The Labute approximate surface area is 103 Å². The molecule has 3 nitrogen and oxygen atoms in total. The van der Waals surface area contributed by atoms with Gasteiger partial charge in [0.05, 0.1) is 0 Å². The lowest BCUT2D eigenvalue weighted by Gasteiger charge is -2.31. The number of carbonyl (C=O) groups is 1. The minimum absolute atomic E-state index is 0.172. The Kier molecular flexibility index (Phi) is 3.65. The first-order valence-electron chi connectivity index (χ1n) is 6.73. The molecule has 94 valence electrons. The molecule has 1 aliphatic carbocycles. The predicted octanol–water partition coefficient (Wildman–Crippen LogP) is 3.45. The zero-order chi connectivity index (χ0) is 12.3.